The Kier molecular flexibility index (Phi) is 7.90. The van der Waals surface area contributed by atoms with Crippen LogP contribution in [0, 0.1) is 0 Å². The number of phenolic OH excluding ortho intramolecular Hbond substituents is 1. The second-order valence-electron chi connectivity index (χ2n) is 8.75. The quantitative estimate of drug-likeness (QED) is 0.307. The van der Waals surface area contributed by atoms with E-state index < -0.39 is 12.0 Å². The van der Waals surface area contributed by atoms with E-state index in [-0.39, 0.29) is 29.2 Å². The van der Waals surface area contributed by atoms with Crippen LogP contribution in [0.3, 0.4) is 0 Å². The molecule has 4 aromatic rings. The van der Waals surface area contributed by atoms with Gasteiger partial charge in [0.05, 0.1) is 42.7 Å². The Morgan fingerprint density at radius 1 is 1.10 bits per heavy atom. The van der Waals surface area contributed by atoms with Crippen molar-refractivity contribution in [2.45, 2.75) is 13.0 Å². The predicted octanol–water partition coefficient (Wildman–Crippen LogP) is 4.42. The molecule has 1 aromatic heterocycles. The van der Waals surface area contributed by atoms with Gasteiger partial charge in [-0.1, -0.05) is 69.7 Å². The molecular weight excluding hydrogens is 596 g/mol. The van der Waals surface area contributed by atoms with Crippen LogP contribution in [0.15, 0.2) is 86.6 Å². The zero-order valence-corrected chi connectivity index (χ0v) is 24.3. The number of carbonyl (C=O) groups excluding carboxylic acids is 1. The van der Waals surface area contributed by atoms with Crippen LogP contribution >= 0.6 is 27.3 Å². The number of carbonyl (C=O) groups is 1. The lowest BCUT2D eigenvalue weighted by molar-refractivity contribution is -0.138. The highest BCUT2D eigenvalue weighted by molar-refractivity contribution is 9.10. The van der Waals surface area contributed by atoms with Crippen molar-refractivity contribution in [3.8, 4) is 17.2 Å². The molecular formula is C30H25BrN2O6S. The molecule has 1 atom stereocenters. The Morgan fingerprint density at radius 2 is 1.88 bits per heavy atom. The van der Waals surface area contributed by atoms with E-state index in [1.54, 1.807) is 50.4 Å². The number of thiazole rings is 1. The zero-order chi connectivity index (χ0) is 28.4. The normalized spacial score (nSPS) is 14.9. The number of halogens is 1. The fraction of sp³-hybridized carbons (Fsp3) is 0.167. The van der Waals surface area contributed by atoms with Gasteiger partial charge in [0.1, 0.15) is 5.75 Å². The molecule has 1 aliphatic rings. The van der Waals surface area contributed by atoms with E-state index in [1.807, 2.05) is 36.4 Å². The number of rotatable bonds is 7. The van der Waals surface area contributed by atoms with E-state index in [0.717, 1.165) is 11.3 Å². The molecule has 3 aromatic carbocycles. The van der Waals surface area contributed by atoms with E-state index in [2.05, 4.69) is 15.9 Å². The minimum atomic E-state index is -0.839. The number of aromatic nitrogens is 1. The first-order valence-electron chi connectivity index (χ1n) is 12.3. The lowest BCUT2D eigenvalue weighted by Gasteiger charge is -2.26. The number of benzene rings is 3. The summed E-state index contributed by atoms with van der Waals surface area (Å²) in [5.41, 5.74) is 2.06. The van der Waals surface area contributed by atoms with Gasteiger partial charge in [0.15, 0.2) is 16.3 Å². The van der Waals surface area contributed by atoms with Crippen molar-refractivity contribution in [2.75, 3.05) is 20.8 Å². The fourth-order valence-electron chi connectivity index (χ4n) is 4.57. The number of hydrogen-bond donors (Lipinski definition) is 1. The first-order valence-corrected chi connectivity index (χ1v) is 14.0. The molecule has 1 N–H and O–H groups in total. The fourth-order valence-corrected chi connectivity index (χ4v) is 6.02. The number of phenols is 1. The lowest BCUT2D eigenvalue weighted by atomic mass is 9.93. The van der Waals surface area contributed by atoms with Gasteiger partial charge in [0, 0.05) is 15.6 Å². The third-order valence-corrected chi connectivity index (χ3v) is 7.80. The van der Waals surface area contributed by atoms with Crippen LogP contribution in [0.5, 0.6) is 17.2 Å². The number of ether oxygens (including phenoxy) is 3. The third kappa shape index (κ3) is 5.07. The molecule has 0 fully saturated rings. The summed E-state index contributed by atoms with van der Waals surface area (Å²) in [6.45, 7) is 1.89. The van der Waals surface area contributed by atoms with Gasteiger partial charge in [-0.15, -0.1) is 0 Å². The molecule has 0 saturated heterocycles. The molecule has 0 aliphatic carbocycles. The highest BCUT2D eigenvalue weighted by Crippen LogP contribution is 2.37. The van der Waals surface area contributed by atoms with Crippen molar-refractivity contribution in [1.82, 2.24) is 4.57 Å². The molecule has 0 amide bonds. The number of aromatic hydroxyl groups is 1. The maximum atomic E-state index is 14.0. The molecule has 0 spiro atoms. The number of fused-ring (bicyclic) bond motifs is 1. The largest absolute Gasteiger partial charge is 0.504 e. The number of methoxy groups -OCH3 is 2. The van der Waals surface area contributed by atoms with E-state index in [0.29, 0.717) is 41.9 Å². The minimum absolute atomic E-state index is 0.0990. The van der Waals surface area contributed by atoms with Crippen molar-refractivity contribution >= 4 is 45.0 Å². The van der Waals surface area contributed by atoms with Gasteiger partial charge >= 0.3 is 5.97 Å². The lowest BCUT2D eigenvalue weighted by Crippen LogP contribution is -2.40. The van der Waals surface area contributed by atoms with Gasteiger partial charge < -0.3 is 19.3 Å². The highest BCUT2D eigenvalue weighted by Gasteiger charge is 2.35. The summed E-state index contributed by atoms with van der Waals surface area (Å²) in [5, 5.41) is 10.7. The second kappa shape index (κ2) is 11.5. The molecule has 2 heterocycles. The van der Waals surface area contributed by atoms with Gasteiger partial charge in [-0.3, -0.25) is 9.36 Å². The van der Waals surface area contributed by atoms with Crippen molar-refractivity contribution < 1.29 is 24.1 Å². The molecule has 0 radical (unpaired) electrons. The van der Waals surface area contributed by atoms with E-state index in [4.69, 9.17) is 19.2 Å². The average Bonchev–Trinajstić information content (AvgIpc) is 3.28. The predicted molar refractivity (Wildman–Crippen MR) is 156 cm³/mol. The highest BCUT2D eigenvalue weighted by atomic mass is 79.9. The molecule has 204 valence electrons. The Hall–Kier alpha value is -4.15. The van der Waals surface area contributed by atoms with Crippen molar-refractivity contribution in [3.05, 3.63) is 113 Å². The van der Waals surface area contributed by atoms with E-state index >= 15 is 0 Å². The molecule has 0 bridgehead atoms. The summed E-state index contributed by atoms with van der Waals surface area (Å²) in [5.74, 6) is 0.172. The van der Waals surface area contributed by atoms with Crippen LogP contribution in [0.1, 0.15) is 29.7 Å². The van der Waals surface area contributed by atoms with Crippen molar-refractivity contribution in [3.63, 3.8) is 0 Å². The van der Waals surface area contributed by atoms with Crippen LogP contribution in [-0.2, 0) is 9.53 Å². The first kappa shape index (κ1) is 27.4. The SMILES string of the molecule is CCOC(=O)C1=C(c2ccccc2)N=c2s/c(=C\c3cc(Br)cc(OC)c3O)c(=O)n2[C@H]1c1cccc(OC)c1. The topological polar surface area (TPSA) is 99.4 Å². The van der Waals surface area contributed by atoms with Crippen LogP contribution < -0.4 is 24.4 Å². The van der Waals surface area contributed by atoms with Crippen LogP contribution in [-0.4, -0.2) is 36.5 Å². The Balaban J connectivity index is 1.85. The number of nitrogens with zero attached hydrogens (tertiary/aromatic N) is 2. The monoisotopic (exact) mass is 620 g/mol. The Bertz CT molecular complexity index is 1810. The minimum Gasteiger partial charge on any atom is -0.504 e. The van der Waals surface area contributed by atoms with E-state index in [9.17, 15) is 14.7 Å². The first-order chi connectivity index (χ1) is 19.4. The summed E-state index contributed by atoms with van der Waals surface area (Å²) in [6.07, 6.45) is 1.59. The van der Waals surface area contributed by atoms with E-state index in [1.165, 1.54) is 11.7 Å². The van der Waals surface area contributed by atoms with Gasteiger partial charge in [0.2, 0.25) is 0 Å². The summed E-state index contributed by atoms with van der Waals surface area (Å²) in [6, 6.07) is 19.0. The summed E-state index contributed by atoms with van der Waals surface area (Å²) in [7, 11) is 3.01. The Labute approximate surface area is 242 Å². The molecule has 10 heteroatoms. The van der Waals surface area contributed by atoms with Gasteiger partial charge in [0.25, 0.3) is 5.56 Å². The average molecular weight is 622 g/mol. The van der Waals surface area contributed by atoms with Crippen molar-refractivity contribution in [1.29, 1.82) is 0 Å². The van der Waals surface area contributed by atoms with Gasteiger partial charge in [-0.25, -0.2) is 9.79 Å². The standard InChI is InChI=1S/C30H25BrN2O6S/c1-4-39-29(36)24-25(17-9-6-5-7-10-17)32-30-33(26(24)18-11-8-12-21(14-18)37-2)28(35)23(40-30)15-19-13-20(31)16-22(38-3)27(19)34/h5-16,26,34H,4H2,1-3H3/b23-15-/t26-/m0/s1. The van der Waals surface area contributed by atoms with Crippen LogP contribution in [0.25, 0.3) is 11.8 Å². The summed E-state index contributed by atoms with van der Waals surface area (Å²) in [4.78, 5) is 32.8. The number of esters is 1. The second-order valence-corrected chi connectivity index (χ2v) is 10.7. The molecule has 0 saturated carbocycles. The smallest absolute Gasteiger partial charge is 0.338 e. The summed E-state index contributed by atoms with van der Waals surface area (Å²) >= 11 is 4.59. The molecule has 0 unspecified atom stereocenters. The van der Waals surface area contributed by atoms with Crippen LogP contribution in [0.4, 0.5) is 0 Å². The zero-order valence-electron chi connectivity index (χ0n) is 21.9. The third-order valence-electron chi connectivity index (χ3n) is 6.36. The van der Waals surface area contributed by atoms with Crippen LogP contribution in [0.2, 0.25) is 0 Å². The number of hydrogen-bond acceptors (Lipinski definition) is 8. The summed E-state index contributed by atoms with van der Waals surface area (Å²) < 4.78 is 18.7. The molecule has 5 rings (SSSR count). The molecule has 40 heavy (non-hydrogen) atoms. The Morgan fingerprint density at radius 3 is 2.58 bits per heavy atom. The van der Waals surface area contributed by atoms with Gasteiger partial charge in [-0.2, -0.15) is 0 Å². The molecule has 8 nitrogen and oxygen atoms in total. The van der Waals surface area contributed by atoms with Gasteiger partial charge in [-0.05, 0) is 42.8 Å². The maximum Gasteiger partial charge on any atom is 0.338 e. The van der Waals surface area contributed by atoms with Crippen molar-refractivity contribution in [2.24, 2.45) is 4.99 Å². The maximum absolute atomic E-state index is 14.0. The molecule has 1 aliphatic heterocycles.